The fourth-order valence-electron chi connectivity index (χ4n) is 1.80. The van der Waals surface area contributed by atoms with Crippen LogP contribution in [-0.2, 0) is 0 Å². The molecule has 7 heteroatoms. The van der Waals surface area contributed by atoms with Crippen LogP contribution < -0.4 is 9.47 Å². The number of fused-ring (bicyclic) bond motifs is 1. The van der Waals surface area contributed by atoms with Crippen molar-refractivity contribution in [3.05, 3.63) is 18.2 Å². The van der Waals surface area contributed by atoms with Crippen LogP contribution in [0.1, 0.15) is 0 Å². The maximum absolute atomic E-state index is 5.61. The van der Waals surface area contributed by atoms with Gasteiger partial charge in [-0.2, -0.15) is 0 Å². The first kappa shape index (κ1) is 10.6. The minimum Gasteiger partial charge on any atom is -0.497 e. The number of aromatic nitrogens is 4. The van der Waals surface area contributed by atoms with E-state index in [4.69, 9.17) is 13.9 Å². The van der Waals surface area contributed by atoms with Gasteiger partial charge in [0.2, 0.25) is 5.82 Å². The lowest BCUT2D eigenvalue weighted by molar-refractivity contribution is 0.313. The van der Waals surface area contributed by atoms with Crippen molar-refractivity contribution < 1.29 is 13.9 Å². The van der Waals surface area contributed by atoms with Gasteiger partial charge in [-0.3, -0.25) is 0 Å². The van der Waals surface area contributed by atoms with Gasteiger partial charge in [0.1, 0.15) is 5.75 Å². The lowest BCUT2D eigenvalue weighted by Gasteiger charge is -1.99. The molecule has 1 N–H and O–H groups in total. The van der Waals surface area contributed by atoms with Gasteiger partial charge < -0.3 is 13.9 Å². The number of methoxy groups -OCH3 is 2. The summed E-state index contributed by atoms with van der Waals surface area (Å²) in [5.41, 5.74) is 0. The number of hydrogen-bond acceptors (Lipinski definition) is 6. The Labute approximate surface area is 102 Å². The second-order valence-corrected chi connectivity index (χ2v) is 3.58. The van der Waals surface area contributed by atoms with Crippen molar-refractivity contribution in [1.29, 1.82) is 0 Å². The van der Waals surface area contributed by atoms with Crippen LogP contribution >= 0.6 is 0 Å². The molecule has 0 saturated carbocycles. The molecule has 0 aliphatic rings. The molecular formula is C11H10N4O3. The summed E-state index contributed by atoms with van der Waals surface area (Å²) in [4.78, 5) is 0. The van der Waals surface area contributed by atoms with E-state index in [1.54, 1.807) is 14.2 Å². The van der Waals surface area contributed by atoms with Crippen molar-refractivity contribution in [1.82, 2.24) is 20.6 Å². The van der Waals surface area contributed by atoms with Gasteiger partial charge >= 0.3 is 0 Å². The summed E-state index contributed by atoms with van der Waals surface area (Å²) in [6.07, 6.45) is 0. The maximum atomic E-state index is 5.61. The molecule has 0 bridgehead atoms. The van der Waals surface area contributed by atoms with E-state index in [1.807, 2.05) is 18.2 Å². The quantitative estimate of drug-likeness (QED) is 0.755. The monoisotopic (exact) mass is 246 g/mol. The lowest BCUT2D eigenvalue weighted by Crippen LogP contribution is -1.83. The smallest absolute Gasteiger partial charge is 0.293 e. The minimum atomic E-state index is 0.398. The SMILES string of the molecule is COc1ccc2c(-c3nnn[nH]3)oc(OC)c2c1. The highest BCUT2D eigenvalue weighted by molar-refractivity contribution is 5.97. The van der Waals surface area contributed by atoms with Crippen molar-refractivity contribution in [2.75, 3.05) is 14.2 Å². The van der Waals surface area contributed by atoms with Crippen molar-refractivity contribution >= 4 is 10.8 Å². The Morgan fingerprint density at radius 2 is 2.06 bits per heavy atom. The number of benzene rings is 1. The summed E-state index contributed by atoms with van der Waals surface area (Å²) in [5.74, 6) is 2.11. The van der Waals surface area contributed by atoms with Gasteiger partial charge in [0, 0.05) is 5.39 Å². The fourth-order valence-corrected chi connectivity index (χ4v) is 1.80. The van der Waals surface area contributed by atoms with Crippen LogP contribution in [-0.4, -0.2) is 34.8 Å². The molecule has 2 heterocycles. The molecule has 2 aromatic heterocycles. The number of aromatic amines is 1. The lowest BCUT2D eigenvalue weighted by atomic mass is 10.1. The van der Waals surface area contributed by atoms with Crippen LogP contribution in [0.4, 0.5) is 0 Å². The molecule has 18 heavy (non-hydrogen) atoms. The number of nitrogens with zero attached hydrogens (tertiary/aromatic N) is 3. The summed E-state index contributed by atoms with van der Waals surface area (Å²) in [5, 5.41) is 15.2. The molecule has 0 fully saturated rings. The van der Waals surface area contributed by atoms with Gasteiger partial charge in [-0.05, 0) is 28.6 Å². The average Bonchev–Trinajstić information content (AvgIpc) is 3.04. The molecule has 0 unspecified atom stereocenters. The van der Waals surface area contributed by atoms with Crippen LogP contribution in [0.3, 0.4) is 0 Å². The highest BCUT2D eigenvalue weighted by Crippen LogP contribution is 2.38. The summed E-state index contributed by atoms with van der Waals surface area (Å²) in [6.45, 7) is 0. The van der Waals surface area contributed by atoms with Gasteiger partial charge in [0.25, 0.3) is 5.95 Å². The first-order valence-corrected chi connectivity index (χ1v) is 5.22. The Balaban J connectivity index is 2.28. The zero-order valence-corrected chi connectivity index (χ0v) is 9.80. The predicted octanol–water partition coefficient (Wildman–Crippen LogP) is 1.63. The Bertz CT molecular complexity index is 675. The first-order chi connectivity index (χ1) is 8.83. The molecular weight excluding hydrogens is 236 g/mol. The number of rotatable bonds is 3. The standard InChI is InChI=1S/C11H10N4O3/c1-16-6-3-4-7-8(5-6)11(17-2)18-9(7)10-12-14-15-13-10/h3-5H,1-2H3,(H,12,13,14,15). The number of H-pyrrole nitrogens is 1. The van der Waals surface area contributed by atoms with E-state index < -0.39 is 0 Å². The summed E-state index contributed by atoms with van der Waals surface area (Å²) < 4.78 is 16.0. The molecule has 3 aromatic rings. The Hall–Kier alpha value is -2.57. The predicted molar refractivity (Wildman–Crippen MR) is 62.5 cm³/mol. The fraction of sp³-hybridized carbons (Fsp3) is 0.182. The number of tetrazole rings is 1. The number of ether oxygens (including phenoxy) is 2. The zero-order chi connectivity index (χ0) is 12.5. The third-order valence-electron chi connectivity index (χ3n) is 2.63. The van der Waals surface area contributed by atoms with E-state index in [9.17, 15) is 0 Å². The molecule has 0 radical (unpaired) electrons. The van der Waals surface area contributed by atoms with E-state index in [-0.39, 0.29) is 0 Å². The van der Waals surface area contributed by atoms with Gasteiger partial charge in [-0.25, -0.2) is 5.10 Å². The van der Waals surface area contributed by atoms with Gasteiger partial charge in [0.15, 0.2) is 5.76 Å². The largest absolute Gasteiger partial charge is 0.497 e. The Morgan fingerprint density at radius 3 is 2.72 bits per heavy atom. The van der Waals surface area contributed by atoms with E-state index in [1.165, 1.54) is 0 Å². The second-order valence-electron chi connectivity index (χ2n) is 3.58. The minimum absolute atomic E-state index is 0.398. The van der Waals surface area contributed by atoms with E-state index >= 15 is 0 Å². The third kappa shape index (κ3) is 1.48. The molecule has 1 aromatic carbocycles. The van der Waals surface area contributed by atoms with Crippen LogP contribution in [0.15, 0.2) is 22.6 Å². The topological polar surface area (TPSA) is 86.1 Å². The highest BCUT2D eigenvalue weighted by atomic mass is 16.6. The molecule has 0 aliphatic carbocycles. The molecule has 92 valence electrons. The molecule has 0 saturated heterocycles. The van der Waals surface area contributed by atoms with Crippen molar-refractivity contribution in [3.63, 3.8) is 0 Å². The second kappa shape index (κ2) is 4.02. The van der Waals surface area contributed by atoms with Crippen molar-refractivity contribution in [2.24, 2.45) is 0 Å². The Kier molecular flexibility index (Phi) is 2.36. The van der Waals surface area contributed by atoms with Crippen molar-refractivity contribution in [2.45, 2.75) is 0 Å². The average molecular weight is 246 g/mol. The molecule has 3 rings (SSSR count). The highest BCUT2D eigenvalue weighted by Gasteiger charge is 2.18. The van der Waals surface area contributed by atoms with Gasteiger partial charge in [0.05, 0.1) is 19.6 Å². The first-order valence-electron chi connectivity index (χ1n) is 5.22. The van der Waals surface area contributed by atoms with E-state index in [0.717, 1.165) is 16.5 Å². The molecule has 0 atom stereocenters. The molecule has 7 nitrogen and oxygen atoms in total. The summed E-state index contributed by atoms with van der Waals surface area (Å²) >= 11 is 0. The normalized spacial score (nSPS) is 10.8. The number of hydrogen-bond donors (Lipinski definition) is 1. The molecule has 0 aliphatic heterocycles. The molecule has 0 spiro atoms. The van der Waals surface area contributed by atoms with Crippen LogP contribution in [0, 0.1) is 0 Å². The molecule has 0 amide bonds. The number of nitrogens with one attached hydrogen (secondary N) is 1. The van der Waals surface area contributed by atoms with Gasteiger partial charge in [-0.1, -0.05) is 0 Å². The zero-order valence-electron chi connectivity index (χ0n) is 9.80. The van der Waals surface area contributed by atoms with Crippen LogP contribution in [0.2, 0.25) is 0 Å². The van der Waals surface area contributed by atoms with E-state index in [2.05, 4.69) is 20.6 Å². The Morgan fingerprint density at radius 1 is 1.17 bits per heavy atom. The van der Waals surface area contributed by atoms with Crippen molar-refractivity contribution in [3.8, 4) is 23.3 Å². The van der Waals surface area contributed by atoms with Gasteiger partial charge in [-0.15, -0.1) is 5.10 Å². The van der Waals surface area contributed by atoms with E-state index in [0.29, 0.717) is 17.5 Å². The summed E-state index contributed by atoms with van der Waals surface area (Å²) in [6, 6.07) is 5.55. The van der Waals surface area contributed by atoms with Crippen LogP contribution in [0.5, 0.6) is 11.7 Å². The maximum Gasteiger partial charge on any atom is 0.293 e. The summed E-state index contributed by atoms with van der Waals surface area (Å²) in [7, 11) is 3.15. The third-order valence-corrected chi connectivity index (χ3v) is 2.63. The number of furan rings is 1. The van der Waals surface area contributed by atoms with Crippen LogP contribution in [0.25, 0.3) is 22.4 Å².